The number of alkyl halides is 2. The number of aromatic nitrogens is 4. The summed E-state index contributed by atoms with van der Waals surface area (Å²) in [6.45, 7) is 7.75. The van der Waals surface area contributed by atoms with E-state index in [2.05, 4.69) is 29.6 Å². The van der Waals surface area contributed by atoms with Crippen LogP contribution in [0.2, 0.25) is 0 Å². The number of piperidine rings is 1. The summed E-state index contributed by atoms with van der Waals surface area (Å²) in [6, 6.07) is 3.05. The monoisotopic (exact) mass is 750 g/mol. The predicted molar refractivity (Wildman–Crippen MR) is 183 cm³/mol. The van der Waals surface area contributed by atoms with Crippen molar-refractivity contribution >= 4 is 21.7 Å². The van der Waals surface area contributed by atoms with Crippen molar-refractivity contribution in [3.63, 3.8) is 0 Å². The van der Waals surface area contributed by atoms with E-state index >= 15 is 0 Å². The normalized spacial score (nSPS) is 22.3. The Morgan fingerprint density at radius 1 is 1.12 bits per heavy atom. The second-order valence-corrected chi connectivity index (χ2v) is 16.2. The summed E-state index contributed by atoms with van der Waals surface area (Å²) in [5, 5.41) is 14.6. The number of carbonyl (C=O) groups is 1. The van der Waals surface area contributed by atoms with Gasteiger partial charge >= 0.3 is 6.55 Å². The van der Waals surface area contributed by atoms with Crippen molar-refractivity contribution < 1.29 is 41.0 Å². The van der Waals surface area contributed by atoms with Crippen molar-refractivity contribution in [1.29, 1.82) is 0 Å². The maximum atomic E-state index is 14.4. The van der Waals surface area contributed by atoms with Crippen LogP contribution in [0.25, 0.3) is 0 Å². The minimum absolute atomic E-state index is 0.0301. The van der Waals surface area contributed by atoms with Gasteiger partial charge in [0.05, 0.1) is 37.3 Å². The molecule has 0 radical (unpaired) electrons. The molecule has 2 aromatic heterocycles. The lowest BCUT2D eigenvalue weighted by molar-refractivity contribution is -0.239. The first-order valence-electron chi connectivity index (χ1n) is 17.4. The Kier molecular flexibility index (Phi) is 10.9. The summed E-state index contributed by atoms with van der Waals surface area (Å²) < 4.78 is 80.1. The van der Waals surface area contributed by atoms with E-state index in [-0.39, 0.29) is 63.9 Å². The number of ether oxygens (including phenoxy) is 2. The quantitative estimate of drug-likeness (QED) is 0.276. The molecule has 3 aliphatic heterocycles. The predicted octanol–water partition coefficient (Wildman–Crippen LogP) is 4.01. The molecule has 2 N–H and O–H groups in total. The van der Waals surface area contributed by atoms with Crippen molar-refractivity contribution in [3.8, 4) is 11.5 Å². The molecular weight excluding hydrogens is 705 g/mol. The molecule has 0 aliphatic carbocycles. The van der Waals surface area contributed by atoms with Gasteiger partial charge in [-0.2, -0.15) is 13.9 Å². The number of nitrogens with zero attached hydrogens (tertiary/aromatic N) is 7. The van der Waals surface area contributed by atoms with Gasteiger partial charge in [-0.1, -0.05) is 0 Å². The van der Waals surface area contributed by atoms with Gasteiger partial charge in [0.1, 0.15) is 22.8 Å². The van der Waals surface area contributed by atoms with Gasteiger partial charge in [-0.05, 0) is 78.2 Å². The average molecular weight is 751 g/mol. The number of anilines is 1. The third-order valence-electron chi connectivity index (χ3n) is 9.98. The number of hydrogen-bond acceptors (Lipinski definition) is 11. The molecule has 52 heavy (non-hydrogen) atoms. The van der Waals surface area contributed by atoms with Crippen LogP contribution in [0.4, 0.5) is 19.0 Å². The molecule has 6 rings (SSSR count). The van der Waals surface area contributed by atoms with Crippen LogP contribution in [0, 0.1) is 11.2 Å². The molecule has 3 fully saturated rings. The van der Waals surface area contributed by atoms with Crippen LogP contribution < -0.4 is 14.4 Å². The van der Waals surface area contributed by atoms with Gasteiger partial charge in [0.2, 0.25) is 10.0 Å². The number of β-amino-alcohol motifs (C(OH)–C–C–N with tert-alkyl or cyclic N) is 1. The Hall–Kier alpha value is -3.84. The number of aliphatic hydroxyl groups is 1. The SMILES string of the molecule is CC(C)N(C(=O)c1cc(F)ccc1Oc1cncnc1N1CC2(CCN(C[C@@]3(O)CC[C@@H](NS(=O)(=O)c4cnn(C(F)F)c4)CO3)CC2)C1)C(C)C. The van der Waals surface area contributed by atoms with E-state index in [1.807, 2.05) is 27.7 Å². The maximum absolute atomic E-state index is 14.4. The highest BCUT2D eigenvalue weighted by Gasteiger charge is 2.47. The second kappa shape index (κ2) is 14.9. The highest BCUT2D eigenvalue weighted by Crippen LogP contribution is 2.45. The molecule has 0 bridgehead atoms. The number of halogens is 3. The van der Waals surface area contributed by atoms with Gasteiger partial charge in [-0.15, -0.1) is 0 Å². The standard InChI is InChI=1S/C34H45F3N8O6S/c1-22(2)45(23(3)4)31(46)27-13-24(35)5-6-28(27)51-29-15-38-21-39-30(29)43-18-33(19-43)9-11-42(12-10-33)20-34(47)8-7-25(17-50-34)41-52(48,49)26-14-40-44(16-26)32(36)37/h5-6,13-16,21-23,25,32,41,47H,7-12,17-20H2,1-4H3/t25-,34-/m1/s1. The fraction of sp³-hybridized carbons (Fsp3) is 0.588. The summed E-state index contributed by atoms with van der Waals surface area (Å²) in [5.74, 6) is -1.18. The van der Waals surface area contributed by atoms with E-state index in [9.17, 15) is 31.5 Å². The zero-order valence-corrected chi connectivity index (χ0v) is 30.4. The molecule has 5 heterocycles. The molecular formula is C34H45F3N8O6S. The minimum Gasteiger partial charge on any atom is -0.451 e. The molecule has 1 aromatic carbocycles. The zero-order chi connectivity index (χ0) is 37.4. The summed E-state index contributed by atoms with van der Waals surface area (Å²) >= 11 is 0. The number of amides is 1. The largest absolute Gasteiger partial charge is 0.451 e. The van der Waals surface area contributed by atoms with E-state index < -0.39 is 34.2 Å². The fourth-order valence-corrected chi connectivity index (χ4v) is 8.54. The first-order chi connectivity index (χ1) is 24.6. The smallest absolute Gasteiger partial charge is 0.333 e. The van der Waals surface area contributed by atoms with Gasteiger partial charge in [-0.3, -0.25) is 9.69 Å². The highest BCUT2D eigenvalue weighted by molar-refractivity contribution is 7.89. The topological polar surface area (TPSA) is 155 Å². The number of sulfonamides is 1. The summed E-state index contributed by atoms with van der Waals surface area (Å²) in [7, 11) is -4.09. The Balaban J connectivity index is 1.02. The number of benzene rings is 1. The summed E-state index contributed by atoms with van der Waals surface area (Å²) in [6.07, 6.45) is 6.83. The van der Waals surface area contributed by atoms with Crippen LogP contribution in [-0.4, -0.2) is 112 Å². The lowest BCUT2D eigenvalue weighted by atomic mass is 9.72. The first-order valence-corrected chi connectivity index (χ1v) is 18.8. The molecule has 14 nitrogen and oxygen atoms in total. The maximum Gasteiger partial charge on any atom is 0.333 e. The van der Waals surface area contributed by atoms with E-state index in [1.54, 1.807) is 4.90 Å². The number of hydrogen-bond donors (Lipinski definition) is 2. The lowest BCUT2D eigenvalue weighted by Crippen LogP contribution is -2.62. The van der Waals surface area contributed by atoms with E-state index in [1.165, 1.54) is 30.7 Å². The van der Waals surface area contributed by atoms with Gasteiger partial charge in [-0.25, -0.2) is 32.2 Å². The molecule has 0 unspecified atom stereocenters. The van der Waals surface area contributed by atoms with Crippen molar-refractivity contribution in [2.75, 3.05) is 44.2 Å². The Labute approximate surface area is 301 Å². The molecule has 3 aliphatic rings. The van der Waals surface area contributed by atoms with Crippen molar-refractivity contribution in [3.05, 3.63) is 54.5 Å². The molecule has 1 spiro atoms. The third kappa shape index (κ3) is 8.20. The van der Waals surface area contributed by atoms with E-state index in [0.29, 0.717) is 18.0 Å². The first kappa shape index (κ1) is 37.9. The highest BCUT2D eigenvalue weighted by atomic mass is 32.2. The molecule has 1 amide bonds. The van der Waals surface area contributed by atoms with Gasteiger partial charge in [0.25, 0.3) is 5.91 Å². The number of nitrogens with one attached hydrogen (secondary N) is 1. The van der Waals surface area contributed by atoms with Gasteiger partial charge in [0.15, 0.2) is 17.4 Å². The number of likely N-dealkylation sites (tertiary alicyclic amines) is 1. The van der Waals surface area contributed by atoms with Crippen LogP contribution in [0.5, 0.6) is 11.5 Å². The van der Waals surface area contributed by atoms with Crippen molar-refractivity contribution in [2.45, 2.75) is 88.7 Å². The molecule has 3 saturated heterocycles. The summed E-state index contributed by atoms with van der Waals surface area (Å²) in [4.78, 5) is 27.7. The van der Waals surface area contributed by atoms with Crippen LogP contribution in [0.3, 0.4) is 0 Å². The summed E-state index contributed by atoms with van der Waals surface area (Å²) in [5.41, 5.74) is 0.146. The number of rotatable bonds is 12. The molecule has 284 valence electrons. The Morgan fingerprint density at radius 2 is 1.83 bits per heavy atom. The Morgan fingerprint density at radius 3 is 2.44 bits per heavy atom. The third-order valence-corrected chi connectivity index (χ3v) is 11.5. The fourth-order valence-electron chi connectivity index (χ4n) is 7.35. The van der Waals surface area contributed by atoms with Crippen LogP contribution in [0.1, 0.15) is 70.3 Å². The molecule has 2 atom stereocenters. The van der Waals surface area contributed by atoms with Crippen molar-refractivity contribution in [2.24, 2.45) is 5.41 Å². The lowest BCUT2D eigenvalue weighted by Gasteiger charge is -2.55. The van der Waals surface area contributed by atoms with E-state index in [4.69, 9.17) is 9.47 Å². The van der Waals surface area contributed by atoms with Crippen LogP contribution in [0.15, 0.2) is 48.0 Å². The van der Waals surface area contributed by atoms with Crippen molar-refractivity contribution in [1.82, 2.24) is 34.3 Å². The van der Waals surface area contributed by atoms with Crippen LogP contribution in [-0.2, 0) is 14.8 Å². The number of carbonyl (C=O) groups excluding carboxylic acids is 1. The Bertz CT molecular complexity index is 1830. The van der Waals surface area contributed by atoms with E-state index in [0.717, 1.165) is 51.4 Å². The molecule has 18 heteroatoms. The van der Waals surface area contributed by atoms with Gasteiger partial charge in [0, 0.05) is 43.1 Å². The van der Waals surface area contributed by atoms with Gasteiger partial charge < -0.3 is 24.4 Å². The zero-order valence-electron chi connectivity index (χ0n) is 29.6. The molecule has 3 aromatic rings. The average Bonchev–Trinajstić information content (AvgIpc) is 3.59. The molecule has 0 saturated carbocycles. The second-order valence-electron chi connectivity index (χ2n) is 14.5. The van der Waals surface area contributed by atoms with Crippen LogP contribution >= 0.6 is 0 Å². The minimum atomic E-state index is -4.09.